The molecule has 1 aliphatic heterocycles. The second-order valence-electron chi connectivity index (χ2n) is 2.75. The minimum atomic E-state index is -0.360. The van der Waals surface area contributed by atoms with Gasteiger partial charge in [0.15, 0.2) is 0 Å². The zero-order valence-electron chi connectivity index (χ0n) is 6.83. The van der Waals surface area contributed by atoms with Gasteiger partial charge in [0.05, 0.1) is 12.3 Å². The van der Waals surface area contributed by atoms with E-state index in [4.69, 9.17) is 10.00 Å². The summed E-state index contributed by atoms with van der Waals surface area (Å²) >= 11 is 0. The summed E-state index contributed by atoms with van der Waals surface area (Å²) in [6.07, 6.45) is 1.54. The molecule has 1 aliphatic rings. The third-order valence-electron chi connectivity index (χ3n) is 1.86. The van der Waals surface area contributed by atoms with Gasteiger partial charge in [0, 0.05) is 0 Å². The van der Waals surface area contributed by atoms with Crippen molar-refractivity contribution in [1.82, 2.24) is 9.97 Å². The monoisotopic (exact) mass is 177 g/mol. The summed E-state index contributed by atoms with van der Waals surface area (Å²) in [6.45, 7) is 0.545. The molecule has 13 heavy (non-hydrogen) atoms. The second kappa shape index (κ2) is 2.90. The van der Waals surface area contributed by atoms with Crippen molar-refractivity contribution >= 4 is 0 Å². The number of nitrogens with zero attached hydrogens (tertiary/aromatic N) is 2. The van der Waals surface area contributed by atoms with Crippen molar-refractivity contribution in [1.29, 1.82) is 5.26 Å². The van der Waals surface area contributed by atoms with Crippen molar-refractivity contribution in [2.75, 3.05) is 6.61 Å². The third kappa shape index (κ3) is 1.26. The summed E-state index contributed by atoms with van der Waals surface area (Å²) in [5, 5.41) is 8.54. The number of ether oxygens (including phenoxy) is 1. The quantitative estimate of drug-likeness (QED) is 0.603. The maximum Gasteiger partial charge on any atom is 0.294 e. The minimum absolute atomic E-state index is 0.0502. The number of hydrogen-bond donors (Lipinski definition) is 1. The molecule has 66 valence electrons. The molecule has 1 N–H and O–H groups in total. The van der Waals surface area contributed by atoms with Crippen LogP contribution in [0.5, 0.6) is 5.75 Å². The SMILES string of the molecule is N#Cc1nc2c(c(=O)[nH]1)OCCC2. The molecule has 2 rings (SSSR count). The Bertz CT molecular complexity index is 430. The molecule has 5 heteroatoms. The molecule has 0 spiro atoms. The van der Waals surface area contributed by atoms with Crippen LogP contribution in [0, 0.1) is 11.3 Å². The molecule has 0 bridgehead atoms. The Kier molecular flexibility index (Phi) is 1.74. The summed E-state index contributed by atoms with van der Waals surface area (Å²) in [5.74, 6) is 0.319. The van der Waals surface area contributed by atoms with Gasteiger partial charge in [0.2, 0.25) is 11.6 Å². The highest BCUT2D eigenvalue weighted by atomic mass is 16.5. The van der Waals surface area contributed by atoms with Gasteiger partial charge in [-0.25, -0.2) is 4.98 Å². The molecular formula is C8H7N3O2. The number of aromatic amines is 1. The van der Waals surface area contributed by atoms with E-state index in [1.165, 1.54) is 0 Å². The molecule has 0 unspecified atom stereocenters. The van der Waals surface area contributed by atoms with Gasteiger partial charge in [-0.2, -0.15) is 5.26 Å². The Labute approximate surface area is 74.0 Å². The van der Waals surface area contributed by atoms with Gasteiger partial charge < -0.3 is 4.74 Å². The molecule has 0 aliphatic carbocycles. The van der Waals surface area contributed by atoms with Gasteiger partial charge in [-0.1, -0.05) is 0 Å². The Hall–Kier alpha value is -1.83. The zero-order chi connectivity index (χ0) is 9.26. The lowest BCUT2D eigenvalue weighted by atomic mass is 10.2. The molecule has 1 aromatic rings. The van der Waals surface area contributed by atoms with E-state index in [1.54, 1.807) is 6.07 Å². The van der Waals surface area contributed by atoms with Crippen LogP contribution in [0.25, 0.3) is 0 Å². The fraction of sp³-hybridized carbons (Fsp3) is 0.375. The number of nitriles is 1. The largest absolute Gasteiger partial charge is 0.486 e. The molecule has 0 aromatic carbocycles. The van der Waals surface area contributed by atoms with Crippen LogP contribution in [0.1, 0.15) is 17.9 Å². The normalized spacial score (nSPS) is 14.1. The van der Waals surface area contributed by atoms with Crippen molar-refractivity contribution in [3.63, 3.8) is 0 Å². The number of hydrogen-bond acceptors (Lipinski definition) is 4. The smallest absolute Gasteiger partial charge is 0.294 e. The van der Waals surface area contributed by atoms with E-state index in [2.05, 4.69) is 9.97 Å². The number of aryl methyl sites for hydroxylation is 1. The first kappa shape index (κ1) is 7.80. The molecule has 0 fully saturated rings. The first-order valence-corrected chi connectivity index (χ1v) is 3.97. The summed E-state index contributed by atoms with van der Waals surface area (Å²) in [7, 11) is 0. The molecule has 0 saturated heterocycles. The highest BCUT2D eigenvalue weighted by Crippen LogP contribution is 2.16. The number of aromatic nitrogens is 2. The van der Waals surface area contributed by atoms with E-state index in [0.717, 1.165) is 6.42 Å². The molecule has 0 saturated carbocycles. The molecule has 0 amide bonds. The fourth-order valence-corrected chi connectivity index (χ4v) is 1.29. The minimum Gasteiger partial charge on any atom is -0.486 e. The molecule has 2 heterocycles. The Morgan fingerprint density at radius 1 is 1.62 bits per heavy atom. The van der Waals surface area contributed by atoms with Crippen LogP contribution in [0.3, 0.4) is 0 Å². The molecule has 0 radical (unpaired) electrons. The van der Waals surface area contributed by atoms with Crippen LogP contribution in [-0.2, 0) is 6.42 Å². The standard InChI is InChI=1S/C8H7N3O2/c9-4-6-10-5-2-1-3-13-7(5)8(12)11-6/h1-3H2,(H,10,11,12). The second-order valence-corrected chi connectivity index (χ2v) is 2.75. The van der Waals surface area contributed by atoms with Crippen LogP contribution in [0.15, 0.2) is 4.79 Å². The lowest BCUT2D eigenvalue weighted by molar-refractivity contribution is 0.279. The van der Waals surface area contributed by atoms with Crippen molar-refractivity contribution in [3.05, 3.63) is 21.9 Å². The lowest BCUT2D eigenvalue weighted by Gasteiger charge is -2.14. The topological polar surface area (TPSA) is 78.8 Å². The van der Waals surface area contributed by atoms with Crippen LogP contribution < -0.4 is 10.3 Å². The average molecular weight is 177 g/mol. The van der Waals surface area contributed by atoms with Gasteiger partial charge in [-0.05, 0) is 12.8 Å². The summed E-state index contributed by atoms with van der Waals surface area (Å²) in [4.78, 5) is 17.6. The summed E-state index contributed by atoms with van der Waals surface area (Å²) < 4.78 is 5.14. The highest BCUT2D eigenvalue weighted by Gasteiger charge is 2.16. The van der Waals surface area contributed by atoms with Gasteiger partial charge in [-0.15, -0.1) is 0 Å². The first-order chi connectivity index (χ1) is 6.31. The van der Waals surface area contributed by atoms with Crippen LogP contribution in [0.4, 0.5) is 0 Å². The van der Waals surface area contributed by atoms with Crippen molar-refractivity contribution < 1.29 is 4.74 Å². The predicted octanol–water partition coefficient (Wildman–Crippen LogP) is -0.0334. The first-order valence-electron chi connectivity index (χ1n) is 3.97. The molecule has 1 aromatic heterocycles. The highest BCUT2D eigenvalue weighted by molar-refractivity contribution is 5.29. The summed E-state index contributed by atoms with van der Waals surface area (Å²) in [6, 6.07) is 1.80. The van der Waals surface area contributed by atoms with E-state index >= 15 is 0 Å². The molecular weight excluding hydrogens is 170 g/mol. The van der Waals surface area contributed by atoms with E-state index in [1.807, 2.05) is 0 Å². The Morgan fingerprint density at radius 3 is 3.23 bits per heavy atom. The lowest BCUT2D eigenvalue weighted by Crippen LogP contribution is -2.21. The number of H-pyrrole nitrogens is 1. The van der Waals surface area contributed by atoms with Crippen molar-refractivity contribution in [2.45, 2.75) is 12.8 Å². The summed E-state index contributed by atoms with van der Waals surface area (Å²) in [5.41, 5.74) is 0.229. The van der Waals surface area contributed by atoms with Gasteiger partial charge >= 0.3 is 0 Å². The van der Waals surface area contributed by atoms with Crippen molar-refractivity contribution in [2.24, 2.45) is 0 Å². The number of nitrogens with one attached hydrogen (secondary N) is 1. The third-order valence-corrected chi connectivity index (χ3v) is 1.86. The average Bonchev–Trinajstić information content (AvgIpc) is 2.18. The number of rotatable bonds is 0. The fourth-order valence-electron chi connectivity index (χ4n) is 1.29. The molecule has 0 atom stereocenters. The van der Waals surface area contributed by atoms with E-state index in [-0.39, 0.29) is 17.1 Å². The van der Waals surface area contributed by atoms with Crippen LogP contribution in [-0.4, -0.2) is 16.6 Å². The van der Waals surface area contributed by atoms with Crippen LogP contribution in [0.2, 0.25) is 0 Å². The number of fused-ring (bicyclic) bond motifs is 1. The maximum absolute atomic E-state index is 11.3. The Morgan fingerprint density at radius 2 is 2.46 bits per heavy atom. The van der Waals surface area contributed by atoms with Gasteiger partial charge in [-0.3, -0.25) is 9.78 Å². The van der Waals surface area contributed by atoms with E-state index in [9.17, 15) is 4.79 Å². The van der Waals surface area contributed by atoms with Crippen molar-refractivity contribution in [3.8, 4) is 11.8 Å². The van der Waals surface area contributed by atoms with E-state index in [0.29, 0.717) is 18.7 Å². The zero-order valence-corrected chi connectivity index (χ0v) is 6.83. The Balaban J connectivity index is 2.61. The van der Waals surface area contributed by atoms with Gasteiger partial charge in [0.25, 0.3) is 5.56 Å². The maximum atomic E-state index is 11.3. The van der Waals surface area contributed by atoms with E-state index < -0.39 is 0 Å². The van der Waals surface area contributed by atoms with Crippen LogP contribution >= 0.6 is 0 Å². The molecule has 5 nitrogen and oxygen atoms in total. The van der Waals surface area contributed by atoms with Gasteiger partial charge in [0.1, 0.15) is 6.07 Å². The predicted molar refractivity (Wildman–Crippen MR) is 43.4 cm³/mol.